The summed E-state index contributed by atoms with van der Waals surface area (Å²) in [6, 6.07) is 5.32. The third-order valence-corrected chi connectivity index (χ3v) is 4.53. The lowest BCUT2D eigenvalue weighted by atomic mass is 10.2. The van der Waals surface area contributed by atoms with Crippen molar-refractivity contribution in [1.29, 1.82) is 0 Å². The predicted octanol–water partition coefficient (Wildman–Crippen LogP) is 2.71. The molecule has 1 fully saturated rings. The molecule has 0 bridgehead atoms. The molecule has 1 aliphatic rings. The molecule has 22 heavy (non-hydrogen) atoms. The Bertz CT molecular complexity index is 718. The van der Waals surface area contributed by atoms with Gasteiger partial charge in [0.15, 0.2) is 5.17 Å². The molecule has 1 aromatic rings. The zero-order valence-electron chi connectivity index (χ0n) is 11.2. The quantitative estimate of drug-likeness (QED) is 0.365. The number of benzene rings is 1. The topological polar surface area (TPSA) is 80.1 Å². The Kier molecular flexibility index (Phi) is 5.76. The number of amides is 1. The predicted molar refractivity (Wildman–Crippen MR) is 90.0 cm³/mol. The summed E-state index contributed by atoms with van der Waals surface area (Å²) in [5.74, 6) is -1.03. The van der Waals surface area contributed by atoms with E-state index in [-0.39, 0.29) is 10.1 Å². The van der Waals surface area contributed by atoms with Crippen LogP contribution in [0.15, 0.2) is 43.9 Å². The number of nitrogens with one attached hydrogen (secondary N) is 1. The first kappa shape index (κ1) is 16.7. The van der Waals surface area contributed by atoms with Crippen molar-refractivity contribution in [1.82, 2.24) is 5.32 Å². The van der Waals surface area contributed by atoms with Gasteiger partial charge in [-0.15, -0.1) is 5.10 Å². The van der Waals surface area contributed by atoms with Crippen molar-refractivity contribution >= 4 is 62.6 Å². The van der Waals surface area contributed by atoms with Gasteiger partial charge in [0.2, 0.25) is 0 Å². The van der Waals surface area contributed by atoms with Gasteiger partial charge in [-0.1, -0.05) is 17.7 Å². The maximum atomic E-state index is 11.6. The van der Waals surface area contributed by atoms with Gasteiger partial charge < -0.3 is 4.74 Å². The summed E-state index contributed by atoms with van der Waals surface area (Å²) in [6.45, 7) is 0. The normalized spacial score (nSPS) is 18.2. The van der Waals surface area contributed by atoms with Crippen LogP contribution in [0.4, 0.5) is 0 Å². The Morgan fingerprint density at radius 2 is 2.27 bits per heavy atom. The Balaban J connectivity index is 2.06. The number of carbonyl (C=O) groups is 2. The summed E-state index contributed by atoms with van der Waals surface area (Å²) in [4.78, 5) is 22.9. The van der Waals surface area contributed by atoms with Gasteiger partial charge >= 0.3 is 5.97 Å². The molecule has 0 spiro atoms. The first-order valence-electron chi connectivity index (χ1n) is 5.84. The monoisotopic (exact) mass is 401 g/mol. The fourth-order valence-electron chi connectivity index (χ4n) is 1.38. The molecular weight excluding hydrogens is 394 g/mol. The van der Waals surface area contributed by atoms with E-state index in [1.54, 1.807) is 12.1 Å². The van der Waals surface area contributed by atoms with Crippen LogP contribution in [0.5, 0.6) is 0 Å². The van der Waals surface area contributed by atoms with Crippen LogP contribution >= 0.6 is 39.3 Å². The first-order chi connectivity index (χ1) is 10.5. The first-order valence-corrected chi connectivity index (χ1v) is 7.83. The Labute approximate surface area is 143 Å². The number of nitrogens with zero attached hydrogens (tertiary/aromatic N) is 2. The molecule has 1 N–H and O–H groups in total. The molecule has 1 saturated heterocycles. The Morgan fingerprint density at radius 3 is 2.95 bits per heavy atom. The van der Waals surface area contributed by atoms with Gasteiger partial charge in [-0.05, 0) is 45.4 Å². The third-order valence-electron chi connectivity index (χ3n) is 2.40. The summed E-state index contributed by atoms with van der Waals surface area (Å²) >= 11 is 10.3. The SMILES string of the molecule is COC(=O)/C=C1/S/C(=N\N=Cc2ccc(Br)c(Cl)c2)NC1=O. The van der Waals surface area contributed by atoms with Crippen molar-refractivity contribution in [3.63, 3.8) is 0 Å². The number of thioether (sulfide) groups is 1. The van der Waals surface area contributed by atoms with Crippen molar-refractivity contribution in [2.24, 2.45) is 10.2 Å². The lowest BCUT2D eigenvalue weighted by Crippen LogP contribution is -2.19. The minimum Gasteiger partial charge on any atom is -0.466 e. The van der Waals surface area contributed by atoms with Crippen molar-refractivity contribution in [2.45, 2.75) is 0 Å². The maximum Gasteiger partial charge on any atom is 0.331 e. The van der Waals surface area contributed by atoms with Crippen LogP contribution in [0, 0.1) is 0 Å². The molecule has 0 unspecified atom stereocenters. The zero-order chi connectivity index (χ0) is 16.1. The van der Waals surface area contributed by atoms with Gasteiger partial charge in [-0.25, -0.2) is 4.79 Å². The average Bonchev–Trinajstić information content (AvgIpc) is 2.83. The molecule has 1 aliphatic heterocycles. The van der Waals surface area contributed by atoms with E-state index in [2.05, 4.69) is 36.2 Å². The molecule has 0 aliphatic carbocycles. The second-order valence-electron chi connectivity index (χ2n) is 3.91. The maximum absolute atomic E-state index is 11.6. The molecule has 0 saturated carbocycles. The standard InChI is InChI=1S/C13H9BrClN3O3S/c1-21-11(19)5-10-12(20)17-13(22-10)18-16-6-7-2-3-8(14)9(15)4-7/h2-6H,1H3,(H,17,18,20)/b10-5+,16-6?. The number of amidine groups is 1. The highest BCUT2D eigenvalue weighted by Gasteiger charge is 2.24. The molecule has 0 aromatic heterocycles. The molecule has 114 valence electrons. The van der Waals surface area contributed by atoms with E-state index >= 15 is 0 Å². The van der Waals surface area contributed by atoms with E-state index in [1.807, 2.05) is 6.07 Å². The van der Waals surface area contributed by atoms with Crippen LogP contribution in [0.3, 0.4) is 0 Å². The van der Waals surface area contributed by atoms with Crippen molar-refractivity contribution in [2.75, 3.05) is 7.11 Å². The largest absolute Gasteiger partial charge is 0.466 e. The summed E-state index contributed by atoms with van der Waals surface area (Å²) in [7, 11) is 1.24. The van der Waals surface area contributed by atoms with E-state index < -0.39 is 11.9 Å². The van der Waals surface area contributed by atoms with Crippen LogP contribution in [-0.4, -0.2) is 30.4 Å². The zero-order valence-corrected chi connectivity index (χ0v) is 14.3. The molecule has 2 rings (SSSR count). The van der Waals surface area contributed by atoms with E-state index in [1.165, 1.54) is 13.3 Å². The second kappa shape index (κ2) is 7.57. The van der Waals surface area contributed by atoms with Crippen LogP contribution in [0.25, 0.3) is 0 Å². The minimum absolute atomic E-state index is 0.201. The van der Waals surface area contributed by atoms with Crippen LogP contribution < -0.4 is 5.32 Å². The fourth-order valence-corrected chi connectivity index (χ4v) is 2.56. The highest BCUT2D eigenvalue weighted by atomic mass is 79.9. The Morgan fingerprint density at radius 1 is 1.50 bits per heavy atom. The lowest BCUT2D eigenvalue weighted by Gasteiger charge is -1.96. The molecule has 1 aromatic carbocycles. The van der Waals surface area contributed by atoms with Gasteiger partial charge in [0, 0.05) is 10.5 Å². The molecular formula is C13H9BrClN3O3S. The number of carbonyl (C=O) groups excluding carboxylic acids is 2. The molecule has 9 heteroatoms. The van der Waals surface area contributed by atoms with Crippen molar-refractivity contribution < 1.29 is 14.3 Å². The number of methoxy groups -OCH3 is 1. The summed E-state index contributed by atoms with van der Waals surface area (Å²) in [5, 5.41) is 11.1. The van der Waals surface area contributed by atoms with E-state index in [0.29, 0.717) is 5.02 Å². The van der Waals surface area contributed by atoms with Gasteiger partial charge in [-0.2, -0.15) is 5.10 Å². The molecule has 1 amide bonds. The summed E-state index contributed by atoms with van der Waals surface area (Å²) in [6.07, 6.45) is 2.60. The van der Waals surface area contributed by atoms with Crippen LogP contribution in [0.2, 0.25) is 5.02 Å². The number of hydrogen-bond acceptors (Lipinski definition) is 6. The number of esters is 1. The van der Waals surface area contributed by atoms with Gasteiger partial charge in [0.25, 0.3) is 5.91 Å². The van der Waals surface area contributed by atoms with E-state index in [4.69, 9.17) is 11.6 Å². The molecule has 0 atom stereocenters. The number of halogens is 2. The van der Waals surface area contributed by atoms with Crippen molar-refractivity contribution in [3.05, 3.63) is 44.2 Å². The molecule has 0 radical (unpaired) electrons. The number of ether oxygens (including phenoxy) is 1. The average molecular weight is 403 g/mol. The van der Waals surface area contributed by atoms with Crippen molar-refractivity contribution in [3.8, 4) is 0 Å². The van der Waals surface area contributed by atoms with Gasteiger partial charge in [-0.3, -0.25) is 10.1 Å². The highest BCUT2D eigenvalue weighted by molar-refractivity contribution is 9.10. The summed E-state index contributed by atoms with van der Waals surface area (Å²) in [5.41, 5.74) is 0.761. The fraction of sp³-hybridized carbons (Fsp3) is 0.0769. The van der Waals surface area contributed by atoms with Crippen LogP contribution in [-0.2, 0) is 14.3 Å². The Hall–Kier alpha value is -1.64. The number of hydrogen-bond donors (Lipinski definition) is 1. The number of rotatable bonds is 3. The van der Waals surface area contributed by atoms with Crippen LogP contribution in [0.1, 0.15) is 5.56 Å². The summed E-state index contributed by atoms with van der Waals surface area (Å²) < 4.78 is 5.25. The highest BCUT2D eigenvalue weighted by Crippen LogP contribution is 2.24. The van der Waals surface area contributed by atoms with E-state index in [0.717, 1.165) is 27.9 Å². The third kappa shape index (κ3) is 4.43. The molecule has 1 heterocycles. The lowest BCUT2D eigenvalue weighted by molar-refractivity contribution is -0.135. The van der Waals surface area contributed by atoms with Gasteiger partial charge in [0.1, 0.15) is 0 Å². The second-order valence-corrected chi connectivity index (χ2v) is 6.20. The van der Waals surface area contributed by atoms with Gasteiger partial charge in [0.05, 0.1) is 23.3 Å². The molecule has 6 nitrogen and oxygen atoms in total. The minimum atomic E-state index is -0.605. The van der Waals surface area contributed by atoms with E-state index in [9.17, 15) is 9.59 Å². The smallest absolute Gasteiger partial charge is 0.331 e.